The maximum absolute atomic E-state index is 13.8. The fourth-order valence-electron chi connectivity index (χ4n) is 4.72. The third-order valence-electron chi connectivity index (χ3n) is 6.57. The number of aromatic nitrogens is 2. The van der Waals surface area contributed by atoms with Crippen molar-refractivity contribution in [3.63, 3.8) is 0 Å². The Labute approximate surface area is 210 Å². The second-order valence-corrected chi connectivity index (χ2v) is 9.03. The van der Waals surface area contributed by atoms with Crippen molar-refractivity contribution in [3.8, 4) is 11.5 Å². The zero-order chi connectivity index (χ0) is 24.9. The number of carbonyl (C=O) groups excluding carboxylic acids is 2. The summed E-state index contributed by atoms with van der Waals surface area (Å²) in [6.07, 6.45) is 0.0632. The summed E-state index contributed by atoms with van der Waals surface area (Å²) in [7, 11) is 0. The van der Waals surface area contributed by atoms with Crippen molar-refractivity contribution in [2.24, 2.45) is 0 Å². The predicted octanol–water partition coefficient (Wildman–Crippen LogP) is 4.17. The van der Waals surface area contributed by atoms with Crippen LogP contribution in [0.4, 0.5) is 0 Å². The van der Waals surface area contributed by atoms with E-state index in [1.807, 2.05) is 103 Å². The number of rotatable bonds is 6. The SMILES string of the molecule is CC1CN(C(=O)Cc2noc(-c3ccccc3)n2)CCN1C(=O)C(c1ccccc1)c1ccccc1. The molecule has 1 aromatic heterocycles. The summed E-state index contributed by atoms with van der Waals surface area (Å²) < 4.78 is 5.33. The van der Waals surface area contributed by atoms with Gasteiger partial charge in [-0.1, -0.05) is 84.0 Å². The predicted molar refractivity (Wildman–Crippen MR) is 136 cm³/mol. The number of amides is 2. The molecule has 0 bridgehead atoms. The summed E-state index contributed by atoms with van der Waals surface area (Å²) in [6, 6.07) is 29.1. The summed E-state index contributed by atoms with van der Waals surface area (Å²) in [4.78, 5) is 34.9. The zero-order valence-electron chi connectivity index (χ0n) is 20.2. The first-order valence-corrected chi connectivity index (χ1v) is 12.2. The van der Waals surface area contributed by atoms with E-state index in [0.29, 0.717) is 31.3 Å². The van der Waals surface area contributed by atoms with Crippen LogP contribution in [-0.4, -0.2) is 57.4 Å². The van der Waals surface area contributed by atoms with Gasteiger partial charge in [-0.2, -0.15) is 4.98 Å². The Morgan fingerprint density at radius 3 is 2.06 bits per heavy atom. The summed E-state index contributed by atoms with van der Waals surface area (Å²) in [5.74, 6) is 0.357. The lowest BCUT2D eigenvalue weighted by Crippen LogP contribution is -2.56. The number of benzene rings is 3. The maximum atomic E-state index is 13.8. The Morgan fingerprint density at radius 2 is 1.47 bits per heavy atom. The molecule has 1 aliphatic rings. The highest BCUT2D eigenvalue weighted by Gasteiger charge is 2.35. The summed E-state index contributed by atoms with van der Waals surface area (Å²) >= 11 is 0. The van der Waals surface area contributed by atoms with Crippen LogP contribution in [-0.2, 0) is 16.0 Å². The Morgan fingerprint density at radius 1 is 0.889 bits per heavy atom. The molecule has 0 N–H and O–H groups in total. The Bertz CT molecular complexity index is 1270. The molecule has 0 saturated carbocycles. The van der Waals surface area contributed by atoms with Crippen LogP contribution in [0.25, 0.3) is 11.5 Å². The fourth-order valence-corrected chi connectivity index (χ4v) is 4.72. The molecule has 1 unspecified atom stereocenters. The molecule has 36 heavy (non-hydrogen) atoms. The summed E-state index contributed by atoms with van der Waals surface area (Å²) in [6.45, 7) is 3.40. The highest BCUT2D eigenvalue weighted by atomic mass is 16.5. The Balaban J connectivity index is 1.26. The van der Waals surface area contributed by atoms with Crippen LogP contribution in [0.3, 0.4) is 0 Å². The summed E-state index contributed by atoms with van der Waals surface area (Å²) in [5, 5.41) is 3.98. The van der Waals surface area contributed by atoms with Gasteiger partial charge >= 0.3 is 0 Å². The molecule has 0 spiro atoms. The lowest BCUT2D eigenvalue weighted by atomic mass is 9.89. The third kappa shape index (κ3) is 5.05. The third-order valence-corrected chi connectivity index (χ3v) is 6.57. The molecule has 0 aliphatic carbocycles. The van der Waals surface area contributed by atoms with Crippen LogP contribution in [0.15, 0.2) is 95.5 Å². The number of carbonyl (C=O) groups is 2. The molecule has 1 saturated heterocycles. The maximum Gasteiger partial charge on any atom is 0.257 e. The van der Waals surface area contributed by atoms with Crippen LogP contribution in [0.1, 0.15) is 29.8 Å². The molecule has 2 amide bonds. The second-order valence-electron chi connectivity index (χ2n) is 9.03. The number of piperazine rings is 1. The topological polar surface area (TPSA) is 79.5 Å². The molecule has 2 heterocycles. The standard InChI is InChI=1S/C29H28N4O3/c1-21-20-32(26(34)19-25-30-28(36-31-25)24-15-9-4-10-16-24)17-18-33(21)29(35)27(22-11-5-2-6-12-22)23-13-7-3-8-14-23/h2-16,21,27H,17-20H2,1H3. The monoisotopic (exact) mass is 480 g/mol. The molecule has 5 rings (SSSR count). The van der Waals surface area contributed by atoms with Crippen molar-refractivity contribution >= 4 is 11.8 Å². The van der Waals surface area contributed by atoms with Gasteiger partial charge in [-0.25, -0.2) is 0 Å². The van der Waals surface area contributed by atoms with E-state index in [4.69, 9.17) is 4.52 Å². The molecular formula is C29H28N4O3. The van der Waals surface area contributed by atoms with E-state index in [0.717, 1.165) is 16.7 Å². The molecule has 7 nitrogen and oxygen atoms in total. The van der Waals surface area contributed by atoms with Gasteiger partial charge in [-0.3, -0.25) is 9.59 Å². The normalized spacial score (nSPS) is 15.8. The zero-order valence-corrected chi connectivity index (χ0v) is 20.2. The average molecular weight is 481 g/mol. The van der Waals surface area contributed by atoms with Crippen molar-refractivity contribution in [3.05, 3.63) is 108 Å². The van der Waals surface area contributed by atoms with Gasteiger partial charge in [0.15, 0.2) is 5.82 Å². The second kappa shape index (κ2) is 10.6. The lowest BCUT2D eigenvalue weighted by molar-refractivity contribution is -0.142. The minimum atomic E-state index is -0.382. The van der Waals surface area contributed by atoms with Gasteiger partial charge in [-0.15, -0.1) is 0 Å². The molecule has 182 valence electrons. The van der Waals surface area contributed by atoms with Crippen molar-refractivity contribution in [1.82, 2.24) is 19.9 Å². The van der Waals surface area contributed by atoms with Gasteiger partial charge < -0.3 is 14.3 Å². The Kier molecular flexibility index (Phi) is 6.89. The van der Waals surface area contributed by atoms with Gasteiger partial charge in [0.25, 0.3) is 5.89 Å². The Hall–Kier alpha value is -4.26. The van der Waals surface area contributed by atoms with Crippen LogP contribution in [0.2, 0.25) is 0 Å². The van der Waals surface area contributed by atoms with E-state index in [-0.39, 0.29) is 30.2 Å². The van der Waals surface area contributed by atoms with Crippen LogP contribution in [0, 0.1) is 0 Å². The van der Waals surface area contributed by atoms with Gasteiger partial charge in [-0.05, 0) is 30.2 Å². The van der Waals surface area contributed by atoms with Gasteiger partial charge in [0.2, 0.25) is 11.8 Å². The average Bonchev–Trinajstić information content (AvgIpc) is 3.39. The van der Waals surface area contributed by atoms with E-state index < -0.39 is 0 Å². The van der Waals surface area contributed by atoms with E-state index in [1.54, 1.807) is 4.90 Å². The van der Waals surface area contributed by atoms with E-state index in [2.05, 4.69) is 10.1 Å². The number of nitrogens with zero attached hydrogens (tertiary/aromatic N) is 4. The first kappa shape index (κ1) is 23.5. The first-order chi connectivity index (χ1) is 17.6. The molecule has 1 atom stereocenters. The van der Waals surface area contributed by atoms with Crippen LogP contribution in [0.5, 0.6) is 0 Å². The van der Waals surface area contributed by atoms with Crippen LogP contribution >= 0.6 is 0 Å². The highest BCUT2D eigenvalue weighted by molar-refractivity contribution is 5.88. The minimum absolute atomic E-state index is 0.0534. The molecule has 0 radical (unpaired) electrons. The van der Waals surface area contributed by atoms with Crippen molar-refractivity contribution in [1.29, 1.82) is 0 Å². The van der Waals surface area contributed by atoms with E-state index >= 15 is 0 Å². The van der Waals surface area contributed by atoms with Gasteiger partial charge in [0, 0.05) is 31.2 Å². The highest BCUT2D eigenvalue weighted by Crippen LogP contribution is 2.28. The molecule has 4 aromatic rings. The summed E-state index contributed by atoms with van der Waals surface area (Å²) in [5.41, 5.74) is 2.74. The van der Waals surface area contributed by atoms with Crippen molar-refractivity contribution in [2.45, 2.75) is 25.3 Å². The van der Waals surface area contributed by atoms with Gasteiger partial charge in [0.1, 0.15) is 0 Å². The van der Waals surface area contributed by atoms with Gasteiger partial charge in [0.05, 0.1) is 12.3 Å². The fraction of sp³-hybridized carbons (Fsp3) is 0.241. The molecule has 1 fully saturated rings. The smallest absolute Gasteiger partial charge is 0.257 e. The van der Waals surface area contributed by atoms with E-state index in [1.165, 1.54) is 0 Å². The number of hydrogen-bond acceptors (Lipinski definition) is 5. The first-order valence-electron chi connectivity index (χ1n) is 12.2. The quantitative estimate of drug-likeness (QED) is 0.414. The number of hydrogen-bond donors (Lipinski definition) is 0. The molecular weight excluding hydrogens is 452 g/mol. The van der Waals surface area contributed by atoms with Crippen molar-refractivity contribution in [2.75, 3.05) is 19.6 Å². The van der Waals surface area contributed by atoms with Crippen LogP contribution < -0.4 is 0 Å². The van der Waals surface area contributed by atoms with E-state index in [9.17, 15) is 9.59 Å². The minimum Gasteiger partial charge on any atom is -0.338 e. The van der Waals surface area contributed by atoms with Crippen molar-refractivity contribution < 1.29 is 14.1 Å². The molecule has 1 aliphatic heterocycles. The molecule has 7 heteroatoms. The lowest BCUT2D eigenvalue weighted by Gasteiger charge is -2.41. The largest absolute Gasteiger partial charge is 0.338 e. The molecule has 3 aromatic carbocycles.